The van der Waals surface area contributed by atoms with Gasteiger partial charge in [0.2, 0.25) is 0 Å². The molecule has 6 atom stereocenters. The first kappa shape index (κ1) is 35.4. The smallest absolute Gasteiger partial charge is 0.316 e. The summed E-state index contributed by atoms with van der Waals surface area (Å²) in [4.78, 5) is 37.6. The first-order valence-corrected chi connectivity index (χ1v) is 19.6. The van der Waals surface area contributed by atoms with Crippen molar-refractivity contribution in [3.63, 3.8) is 0 Å². The zero-order valence-electron chi connectivity index (χ0n) is 29.2. The molecule has 3 heterocycles. The summed E-state index contributed by atoms with van der Waals surface area (Å²) in [6.07, 6.45) is 12.3. The monoisotopic (exact) mass is 733 g/mol. The maximum absolute atomic E-state index is 14.5. The lowest BCUT2D eigenvalue weighted by Gasteiger charge is -2.46. The number of amides is 2. The van der Waals surface area contributed by atoms with Gasteiger partial charge in [-0.3, -0.25) is 14.3 Å². The molecule has 2 amide bonds. The molecule has 2 aromatic carbocycles. The predicted octanol–water partition coefficient (Wildman–Crippen LogP) is 6.20. The number of anilines is 1. The Morgan fingerprint density at radius 3 is 2.71 bits per heavy atom. The van der Waals surface area contributed by atoms with Crippen LogP contribution in [0.25, 0.3) is 0 Å². The van der Waals surface area contributed by atoms with Crippen LogP contribution < -0.4 is 19.1 Å². The van der Waals surface area contributed by atoms with E-state index in [2.05, 4.69) is 48.2 Å². The number of rotatable bonds is 4. The Balaban J connectivity index is 1.29. The fourth-order valence-corrected chi connectivity index (χ4v) is 10.2. The van der Waals surface area contributed by atoms with Gasteiger partial charge in [0.15, 0.2) is 0 Å². The molecule has 1 aromatic heterocycles. The number of methoxy groups -OCH3 is 2. The number of aryl methyl sites for hydroxylation is 1. The third kappa shape index (κ3) is 7.36. The normalized spacial score (nSPS) is 29.6. The molecular weight excluding hydrogens is 690 g/mol. The van der Waals surface area contributed by atoms with Crippen LogP contribution in [-0.4, -0.2) is 71.8 Å². The Bertz CT molecular complexity index is 1960. The van der Waals surface area contributed by atoms with Crippen LogP contribution in [0.2, 0.25) is 5.02 Å². The Morgan fingerprint density at radius 1 is 1.14 bits per heavy atom. The lowest BCUT2D eigenvalue weighted by atomic mass is 9.68. The van der Waals surface area contributed by atoms with Gasteiger partial charge in [0.1, 0.15) is 15.7 Å². The van der Waals surface area contributed by atoms with Crippen molar-refractivity contribution < 1.29 is 28.0 Å². The zero-order chi connectivity index (χ0) is 35.8. The molecule has 1 spiro atoms. The molecule has 0 saturated heterocycles. The molecule has 7 rings (SSSR count). The van der Waals surface area contributed by atoms with Crippen LogP contribution in [0.3, 0.4) is 0 Å². The van der Waals surface area contributed by atoms with Gasteiger partial charge in [-0.15, -0.1) is 4.36 Å². The van der Waals surface area contributed by atoms with Crippen LogP contribution in [0.4, 0.5) is 5.69 Å². The quantitative estimate of drug-likeness (QED) is 0.311. The highest BCUT2D eigenvalue weighted by atomic mass is 35.5. The van der Waals surface area contributed by atoms with Crippen molar-refractivity contribution in [3.8, 4) is 11.8 Å². The summed E-state index contributed by atoms with van der Waals surface area (Å²) in [7, 11) is -0.417. The number of hydrogen-bond acceptors (Lipinski definition) is 9. The molecule has 4 aliphatic rings. The summed E-state index contributed by atoms with van der Waals surface area (Å²) < 4.78 is 39.0. The van der Waals surface area contributed by atoms with Crippen LogP contribution in [0.1, 0.15) is 70.9 Å². The minimum absolute atomic E-state index is 0.0400. The lowest BCUT2D eigenvalue weighted by molar-refractivity contribution is 0.0131. The maximum atomic E-state index is 14.5. The molecule has 13 heteroatoms. The van der Waals surface area contributed by atoms with Gasteiger partial charge in [0, 0.05) is 48.6 Å². The van der Waals surface area contributed by atoms with Crippen molar-refractivity contribution in [2.45, 2.75) is 57.0 Å². The molecule has 51 heavy (non-hydrogen) atoms. The second-order valence-electron chi connectivity index (χ2n) is 14.4. The number of fused-ring (bicyclic) bond motifs is 4. The second kappa shape index (κ2) is 14.6. The van der Waals surface area contributed by atoms with E-state index in [4.69, 9.17) is 25.8 Å². The van der Waals surface area contributed by atoms with Crippen LogP contribution >= 0.6 is 11.6 Å². The van der Waals surface area contributed by atoms with E-state index in [0.29, 0.717) is 37.2 Å². The molecule has 270 valence electrons. The van der Waals surface area contributed by atoms with Crippen LogP contribution in [0.5, 0.6) is 11.8 Å². The van der Waals surface area contributed by atoms with E-state index in [1.165, 1.54) is 30.6 Å². The first-order valence-electron chi connectivity index (χ1n) is 17.6. The molecule has 1 saturated carbocycles. The number of carbonyl (C=O) groups excluding carboxylic acids is 2. The summed E-state index contributed by atoms with van der Waals surface area (Å²) in [5, 5.41) is 0.732. The molecule has 1 fully saturated rings. The Morgan fingerprint density at radius 2 is 1.96 bits per heavy atom. The van der Waals surface area contributed by atoms with Crippen LogP contribution in [0.15, 0.2) is 65.3 Å². The third-order valence-corrected chi connectivity index (χ3v) is 13.1. The largest absolute Gasteiger partial charge is 0.490 e. The van der Waals surface area contributed by atoms with Gasteiger partial charge in [0.25, 0.3) is 11.8 Å². The molecule has 1 N–H and O–H groups in total. The van der Waals surface area contributed by atoms with Gasteiger partial charge in [0.05, 0.1) is 36.8 Å². The van der Waals surface area contributed by atoms with Gasteiger partial charge >= 0.3 is 6.01 Å². The fraction of sp³-hybridized carbons (Fsp3) is 0.474. The first-order chi connectivity index (χ1) is 24.6. The minimum Gasteiger partial charge on any atom is -0.490 e. The number of hydrogen-bond donors (Lipinski definition) is 1. The van der Waals surface area contributed by atoms with E-state index in [1.807, 2.05) is 19.1 Å². The summed E-state index contributed by atoms with van der Waals surface area (Å²) in [5.41, 5.74) is 3.38. The van der Waals surface area contributed by atoms with E-state index in [9.17, 15) is 13.8 Å². The van der Waals surface area contributed by atoms with Gasteiger partial charge in [-0.2, -0.15) is 0 Å². The SMILES string of the molecule is COc1ncc(C(=O)N[S@@]2(=O)=NC(=O)c3ccc4c(c3)N(C[C@@H]3CC[C@H]3[C@@H](OC)/C=C/C[C@H](C)C2)C[C@@]2(CCCc3cc(Cl)ccc32)CO4)cn1. The number of halogens is 1. The highest BCUT2D eigenvalue weighted by Crippen LogP contribution is 2.47. The van der Waals surface area contributed by atoms with E-state index >= 15 is 0 Å². The molecule has 2 bridgehead atoms. The van der Waals surface area contributed by atoms with Gasteiger partial charge in [-0.05, 0) is 97.7 Å². The van der Waals surface area contributed by atoms with Crippen LogP contribution in [-0.2, 0) is 26.5 Å². The summed E-state index contributed by atoms with van der Waals surface area (Å²) in [6, 6.07) is 11.6. The number of aromatic nitrogens is 2. The molecule has 0 unspecified atom stereocenters. The number of allylic oxidation sites excluding steroid dienone is 1. The number of carbonyl (C=O) groups is 2. The average Bonchev–Trinajstić information content (AvgIpc) is 3.25. The number of nitrogens with zero attached hydrogens (tertiary/aromatic N) is 4. The van der Waals surface area contributed by atoms with Crippen LogP contribution in [0, 0.1) is 17.8 Å². The number of benzene rings is 2. The average molecular weight is 734 g/mol. The van der Waals surface area contributed by atoms with E-state index < -0.39 is 21.7 Å². The van der Waals surface area contributed by atoms with Crippen molar-refractivity contribution >= 4 is 39.0 Å². The van der Waals surface area contributed by atoms with Gasteiger partial charge < -0.3 is 19.1 Å². The van der Waals surface area contributed by atoms with Crippen molar-refractivity contribution in [1.82, 2.24) is 14.7 Å². The third-order valence-electron chi connectivity index (χ3n) is 10.8. The van der Waals surface area contributed by atoms with Crippen molar-refractivity contribution in [1.29, 1.82) is 0 Å². The fourth-order valence-electron chi connectivity index (χ4n) is 8.11. The second-order valence-corrected chi connectivity index (χ2v) is 16.8. The predicted molar refractivity (Wildman–Crippen MR) is 196 cm³/mol. The van der Waals surface area contributed by atoms with E-state index in [1.54, 1.807) is 19.2 Å². The Hall–Kier alpha value is -4.00. The molecule has 2 aliphatic carbocycles. The maximum Gasteiger partial charge on any atom is 0.316 e. The molecule has 0 radical (unpaired) electrons. The number of ether oxygens (including phenoxy) is 3. The number of nitrogens with one attached hydrogen (secondary N) is 1. The minimum atomic E-state index is -3.59. The highest BCUT2D eigenvalue weighted by Gasteiger charge is 2.44. The van der Waals surface area contributed by atoms with Gasteiger partial charge in [-0.1, -0.05) is 36.7 Å². The molecule has 3 aromatic rings. The Labute approximate surface area is 304 Å². The zero-order valence-corrected chi connectivity index (χ0v) is 30.8. The van der Waals surface area contributed by atoms with Crippen molar-refractivity contribution in [2.24, 2.45) is 22.1 Å². The van der Waals surface area contributed by atoms with Gasteiger partial charge in [-0.25, -0.2) is 14.2 Å². The Kier molecular flexibility index (Phi) is 10.1. The van der Waals surface area contributed by atoms with Crippen molar-refractivity contribution in [2.75, 3.05) is 44.6 Å². The molecule has 11 nitrogen and oxygen atoms in total. The van der Waals surface area contributed by atoms with E-state index in [0.717, 1.165) is 49.4 Å². The summed E-state index contributed by atoms with van der Waals surface area (Å²) in [5.74, 6) is -0.213. The lowest BCUT2D eigenvalue weighted by Crippen LogP contribution is -2.49. The molecule has 2 aliphatic heterocycles. The summed E-state index contributed by atoms with van der Waals surface area (Å²) in [6.45, 7) is 3.89. The van der Waals surface area contributed by atoms with Crippen molar-refractivity contribution in [3.05, 3.63) is 88.2 Å². The molecular formula is C38H44ClN5O6S. The highest BCUT2D eigenvalue weighted by molar-refractivity contribution is 7.92. The summed E-state index contributed by atoms with van der Waals surface area (Å²) >= 11 is 6.45. The topological polar surface area (TPSA) is 132 Å². The van der Waals surface area contributed by atoms with E-state index in [-0.39, 0.29) is 40.3 Å². The standard InChI is InChI=1S/C38H44ClN5O6S/c1-24-6-4-8-33(48-2)30-12-9-27(30)20-44-22-38(15-5-7-25-16-29(39)11-13-31(25)38)23-50-34-14-10-26(17-32(34)44)35(45)42-51(47,21-24)43-36(46)28-18-40-37(49-3)41-19-28/h4,8,10-11,13-14,16-19,24,27,30,33H,5-7,9,12,15,20-23H2,1-3H3,(H,42,43,45,46,47)/b8-4+/t24-,27-,30+,33-,38-,51-/m0/s1.